The number of anilines is 1. The van der Waals surface area contributed by atoms with Crippen molar-refractivity contribution in [3.05, 3.63) is 96.5 Å². The fraction of sp³-hybridized carbons (Fsp3) is 0.154. The van der Waals surface area contributed by atoms with E-state index in [1.807, 2.05) is 13.0 Å². The van der Waals surface area contributed by atoms with E-state index in [-0.39, 0.29) is 17.9 Å². The van der Waals surface area contributed by atoms with E-state index in [2.05, 4.69) is 21.2 Å². The maximum Gasteiger partial charge on any atom is 0.269 e. The minimum absolute atomic E-state index is 0.00417. The van der Waals surface area contributed by atoms with Gasteiger partial charge < -0.3 is 14.8 Å². The van der Waals surface area contributed by atoms with Crippen LogP contribution in [0.2, 0.25) is 5.02 Å². The zero-order chi connectivity index (χ0) is 26.2. The first-order chi connectivity index (χ1) is 17.2. The number of non-ortho nitro benzene ring substituents is 1. The molecule has 3 aromatic rings. The van der Waals surface area contributed by atoms with Crippen LogP contribution in [0.4, 0.5) is 11.4 Å². The second-order valence-electron chi connectivity index (χ2n) is 7.50. The van der Waals surface area contributed by atoms with Crippen LogP contribution in [0.5, 0.6) is 11.5 Å². The van der Waals surface area contributed by atoms with E-state index in [1.54, 1.807) is 49.4 Å². The number of nitrogens with zero attached hydrogens (tertiary/aromatic N) is 2. The van der Waals surface area contributed by atoms with Gasteiger partial charge in [-0.15, -0.1) is 0 Å². The lowest BCUT2D eigenvalue weighted by molar-refractivity contribution is -0.384. The van der Waals surface area contributed by atoms with Gasteiger partial charge in [0.05, 0.1) is 11.5 Å². The van der Waals surface area contributed by atoms with Crippen molar-refractivity contribution in [3.63, 3.8) is 0 Å². The third-order valence-electron chi connectivity index (χ3n) is 5.09. The Bertz CT molecular complexity index is 1370. The van der Waals surface area contributed by atoms with Gasteiger partial charge in [-0.2, -0.15) is 5.26 Å². The number of hydrogen-bond acceptors (Lipinski definition) is 6. The van der Waals surface area contributed by atoms with Gasteiger partial charge in [0.1, 0.15) is 18.2 Å². The number of amides is 1. The molecular weight excluding hydrogens is 550 g/mol. The van der Waals surface area contributed by atoms with Crippen molar-refractivity contribution in [3.8, 4) is 17.6 Å². The maximum atomic E-state index is 12.8. The van der Waals surface area contributed by atoms with Gasteiger partial charge in [0, 0.05) is 27.3 Å². The summed E-state index contributed by atoms with van der Waals surface area (Å²) < 4.78 is 12.2. The van der Waals surface area contributed by atoms with Crippen LogP contribution < -0.4 is 14.8 Å². The van der Waals surface area contributed by atoms with E-state index < -0.39 is 10.8 Å². The van der Waals surface area contributed by atoms with Crippen molar-refractivity contribution in [2.24, 2.45) is 0 Å². The Hall–Kier alpha value is -3.87. The highest BCUT2D eigenvalue weighted by Gasteiger charge is 2.15. The normalized spacial score (nSPS) is 10.9. The summed E-state index contributed by atoms with van der Waals surface area (Å²) in [6, 6.07) is 16.4. The number of benzene rings is 3. The molecule has 0 unspecified atom stereocenters. The molecule has 36 heavy (non-hydrogen) atoms. The SMILES string of the molecule is CCOc1cc(/C=C(\C#N)C(=O)Nc2cccc(Cl)c2C)c(Br)cc1OCc1ccc([N+](=O)[O-])cc1. The minimum Gasteiger partial charge on any atom is -0.490 e. The van der Waals surface area contributed by atoms with Crippen LogP contribution in [-0.4, -0.2) is 17.4 Å². The van der Waals surface area contributed by atoms with Gasteiger partial charge in [-0.25, -0.2) is 0 Å². The minimum atomic E-state index is -0.578. The summed E-state index contributed by atoms with van der Waals surface area (Å²) in [4.78, 5) is 23.1. The second kappa shape index (κ2) is 12.2. The number of nitrogens with one attached hydrogen (secondary N) is 1. The predicted octanol–water partition coefficient (Wildman–Crippen LogP) is 6.84. The molecule has 0 spiro atoms. The lowest BCUT2D eigenvalue weighted by Gasteiger charge is -2.14. The number of ether oxygens (including phenoxy) is 2. The summed E-state index contributed by atoms with van der Waals surface area (Å²) in [6.07, 6.45) is 1.45. The molecule has 3 aromatic carbocycles. The van der Waals surface area contributed by atoms with Crippen LogP contribution in [0.25, 0.3) is 6.08 Å². The van der Waals surface area contributed by atoms with Gasteiger partial charge in [-0.3, -0.25) is 14.9 Å². The first-order valence-corrected chi connectivity index (χ1v) is 11.9. The molecule has 0 saturated heterocycles. The van der Waals surface area contributed by atoms with E-state index in [1.165, 1.54) is 18.2 Å². The summed E-state index contributed by atoms with van der Waals surface area (Å²) in [5.74, 6) is 0.264. The first kappa shape index (κ1) is 26.7. The molecule has 0 fully saturated rings. The van der Waals surface area contributed by atoms with Gasteiger partial charge in [-0.1, -0.05) is 33.6 Å². The van der Waals surface area contributed by atoms with Gasteiger partial charge in [0.25, 0.3) is 11.6 Å². The fourth-order valence-electron chi connectivity index (χ4n) is 3.15. The Balaban J connectivity index is 1.84. The molecule has 0 bridgehead atoms. The number of nitriles is 1. The van der Waals surface area contributed by atoms with Gasteiger partial charge in [-0.05, 0) is 73.0 Å². The molecule has 10 heteroatoms. The molecule has 0 aliphatic heterocycles. The van der Waals surface area contributed by atoms with E-state index in [9.17, 15) is 20.2 Å². The quantitative estimate of drug-likeness (QED) is 0.130. The largest absolute Gasteiger partial charge is 0.490 e. The Kier molecular flexibility index (Phi) is 9.06. The fourth-order valence-corrected chi connectivity index (χ4v) is 3.77. The van der Waals surface area contributed by atoms with Crippen molar-refractivity contribution in [2.75, 3.05) is 11.9 Å². The van der Waals surface area contributed by atoms with Crippen LogP contribution >= 0.6 is 27.5 Å². The molecule has 8 nitrogen and oxygen atoms in total. The predicted molar refractivity (Wildman–Crippen MR) is 141 cm³/mol. The maximum absolute atomic E-state index is 12.8. The average molecular weight is 571 g/mol. The second-order valence-corrected chi connectivity index (χ2v) is 8.76. The summed E-state index contributed by atoms with van der Waals surface area (Å²) >= 11 is 9.58. The molecule has 0 heterocycles. The van der Waals surface area contributed by atoms with Crippen molar-refractivity contribution >= 4 is 50.9 Å². The first-order valence-electron chi connectivity index (χ1n) is 10.7. The number of carbonyl (C=O) groups excluding carboxylic acids is 1. The highest BCUT2D eigenvalue weighted by molar-refractivity contribution is 9.10. The van der Waals surface area contributed by atoms with Gasteiger partial charge >= 0.3 is 0 Å². The lowest BCUT2D eigenvalue weighted by atomic mass is 10.1. The highest BCUT2D eigenvalue weighted by Crippen LogP contribution is 2.35. The van der Waals surface area contributed by atoms with Crippen molar-refractivity contribution in [2.45, 2.75) is 20.5 Å². The Morgan fingerprint density at radius 1 is 1.19 bits per heavy atom. The van der Waals surface area contributed by atoms with Crippen LogP contribution in [0, 0.1) is 28.4 Å². The molecule has 0 atom stereocenters. The molecule has 0 aliphatic carbocycles. The molecule has 0 radical (unpaired) electrons. The van der Waals surface area contributed by atoms with Crippen LogP contribution in [0.1, 0.15) is 23.6 Å². The van der Waals surface area contributed by atoms with E-state index in [4.69, 9.17) is 21.1 Å². The summed E-state index contributed by atoms with van der Waals surface area (Å²) in [5.41, 5.74) is 2.36. The molecule has 0 aliphatic rings. The topological polar surface area (TPSA) is 114 Å². The lowest BCUT2D eigenvalue weighted by Crippen LogP contribution is -2.14. The van der Waals surface area contributed by atoms with Gasteiger partial charge in [0.15, 0.2) is 11.5 Å². The summed E-state index contributed by atoms with van der Waals surface area (Å²) in [5, 5.41) is 23.7. The Morgan fingerprint density at radius 2 is 1.89 bits per heavy atom. The van der Waals surface area contributed by atoms with Crippen LogP contribution in [0.3, 0.4) is 0 Å². The smallest absolute Gasteiger partial charge is 0.269 e. The van der Waals surface area contributed by atoms with Crippen LogP contribution in [0.15, 0.2) is 64.6 Å². The number of rotatable bonds is 9. The Morgan fingerprint density at radius 3 is 2.53 bits per heavy atom. The van der Waals surface area contributed by atoms with Gasteiger partial charge in [0.2, 0.25) is 0 Å². The standard InChI is InChI=1S/C26H21BrClN3O5/c1-3-35-24-12-18(11-19(14-29)26(32)30-23-6-4-5-22(28)16(23)2)21(27)13-25(24)36-15-17-7-9-20(10-8-17)31(33)34/h4-13H,3,15H2,1-2H3,(H,30,32)/b19-11+. The van der Waals surface area contributed by atoms with E-state index >= 15 is 0 Å². The molecule has 1 N–H and O–H groups in total. The number of carbonyl (C=O) groups is 1. The molecular formula is C26H21BrClN3O5. The zero-order valence-electron chi connectivity index (χ0n) is 19.4. The zero-order valence-corrected chi connectivity index (χ0v) is 21.7. The van der Waals surface area contributed by atoms with Crippen LogP contribution in [-0.2, 0) is 11.4 Å². The summed E-state index contributed by atoms with van der Waals surface area (Å²) in [6.45, 7) is 4.11. The molecule has 0 aromatic heterocycles. The summed E-state index contributed by atoms with van der Waals surface area (Å²) in [7, 11) is 0. The van der Waals surface area contributed by atoms with Crippen molar-refractivity contribution in [1.82, 2.24) is 0 Å². The number of hydrogen-bond donors (Lipinski definition) is 1. The van der Waals surface area contributed by atoms with E-state index in [0.717, 1.165) is 5.56 Å². The Labute approximate surface area is 221 Å². The third kappa shape index (κ3) is 6.62. The van der Waals surface area contributed by atoms with Crippen molar-refractivity contribution in [1.29, 1.82) is 5.26 Å². The van der Waals surface area contributed by atoms with E-state index in [0.29, 0.717) is 44.4 Å². The molecule has 0 saturated carbocycles. The monoisotopic (exact) mass is 569 g/mol. The number of halogens is 2. The molecule has 184 valence electrons. The molecule has 1 amide bonds. The third-order valence-corrected chi connectivity index (χ3v) is 6.18. The highest BCUT2D eigenvalue weighted by atomic mass is 79.9. The average Bonchev–Trinajstić information content (AvgIpc) is 2.86. The van der Waals surface area contributed by atoms with Crippen molar-refractivity contribution < 1.29 is 19.2 Å². The number of nitro benzene ring substituents is 1. The number of nitro groups is 1. The molecule has 3 rings (SSSR count).